The summed E-state index contributed by atoms with van der Waals surface area (Å²) in [6.45, 7) is 8.98. The second-order valence-corrected chi connectivity index (χ2v) is 5.99. The van der Waals surface area contributed by atoms with E-state index in [9.17, 15) is 0 Å². The highest BCUT2D eigenvalue weighted by Crippen LogP contribution is 2.24. The third-order valence-electron chi connectivity index (χ3n) is 2.90. The van der Waals surface area contributed by atoms with E-state index < -0.39 is 0 Å². The average Bonchev–Trinajstić information content (AvgIpc) is 2.25. The predicted octanol–water partition coefficient (Wildman–Crippen LogP) is 4.79. The number of rotatable bonds is 4. The minimum Gasteiger partial charge on any atom is -0.119 e. The van der Waals surface area contributed by atoms with Gasteiger partial charge in [-0.15, -0.1) is 6.42 Å². The van der Waals surface area contributed by atoms with Crippen LogP contribution in [0.2, 0.25) is 0 Å². The monoisotopic (exact) mass is 228 g/mol. The van der Waals surface area contributed by atoms with Crippen LogP contribution in [0.4, 0.5) is 0 Å². The van der Waals surface area contributed by atoms with Crippen LogP contribution >= 0.6 is 0 Å². The molecule has 0 saturated carbocycles. The van der Waals surface area contributed by atoms with Gasteiger partial charge in [0, 0.05) is 5.92 Å². The maximum atomic E-state index is 5.58. The topological polar surface area (TPSA) is 0 Å². The highest BCUT2D eigenvalue weighted by Gasteiger charge is 2.12. The Morgan fingerprint density at radius 1 is 1.18 bits per heavy atom. The highest BCUT2D eigenvalue weighted by molar-refractivity contribution is 5.30. The summed E-state index contributed by atoms with van der Waals surface area (Å²) in [6, 6.07) is 8.84. The fourth-order valence-corrected chi connectivity index (χ4v) is 2.12. The van der Waals surface area contributed by atoms with Crippen molar-refractivity contribution in [3.63, 3.8) is 0 Å². The highest BCUT2D eigenvalue weighted by atomic mass is 14.2. The lowest BCUT2D eigenvalue weighted by Gasteiger charge is -2.18. The molecule has 0 aliphatic heterocycles. The molecular weight excluding hydrogens is 204 g/mol. The maximum Gasteiger partial charge on any atom is 0.0449 e. The molecule has 0 fully saturated rings. The van der Waals surface area contributed by atoms with E-state index in [0.717, 1.165) is 19.3 Å². The summed E-state index contributed by atoms with van der Waals surface area (Å²) in [5.41, 5.74) is 3.02. The summed E-state index contributed by atoms with van der Waals surface area (Å²) < 4.78 is 0. The smallest absolute Gasteiger partial charge is 0.0449 e. The average molecular weight is 228 g/mol. The maximum absolute atomic E-state index is 5.58. The molecule has 0 heterocycles. The summed E-state index contributed by atoms with van der Waals surface area (Å²) in [4.78, 5) is 0. The molecule has 1 atom stereocenters. The van der Waals surface area contributed by atoms with Crippen molar-refractivity contribution >= 4 is 0 Å². The first-order valence-corrected chi connectivity index (χ1v) is 6.51. The van der Waals surface area contributed by atoms with E-state index in [-0.39, 0.29) is 5.92 Å². The van der Waals surface area contributed by atoms with Gasteiger partial charge >= 0.3 is 0 Å². The van der Waals surface area contributed by atoms with Crippen molar-refractivity contribution in [2.75, 3.05) is 0 Å². The van der Waals surface area contributed by atoms with Crippen molar-refractivity contribution in [3.8, 4) is 12.3 Å². The zero-order valence-electron chi connectivity index (χ0n) is 11.6. The van der Waals surface area contributed by atoms with Crippen LogP contribution < -0.4 is 0 Å². The number of terminal acetylenes is 1. The van der Waals surface area contributed by atoms with E-state index in [4.69, 9.17) is 6.42 Å². The van der Waals surface area contributed by atoms with Crippen molar-refractivity contribution in [2.45, 2.75) is 52.9 Å². The molecule has 0 N–H and O–H groups in total. The molecule has 1 aromatic carbocycles. The van der Waals surface area contributed by atoms with E-state index in [0.29, 0.717) is 5.41 Å². The van der Waals surface area contributed by atoms with E-state index in [1.165, 1.54) is 11.1 Å². The van der Waals surface area contributed by atoms with Gasteiger partial charge in [0.1, 0.15) is 0 Å². The Morgan fingerprint density at radius 3 is 2.18 bits per heavy atom. The second-order valence-electron chi connectivity index (χ2n) is 5.99. The van der Waals surface area contributed by atoms with Crippen molar-refractivity contribution < 1.29 is 0 Å². The zero-order chi connectivity index (χ0) is 12.9. The number of hydrogen-bond acceptors (Lipinski definition) is 0. The third kappa shape index (κ3) is 4.65. The first-order valence-electron chi connectivity index (χ1n) is 6.51. The van der Waals surface area contributed by atoms with E-state index >= 15 is 0 Å². The molecule has 0 nitrogen and oxygen atoms in total. The van der Waals surface area contributed by atoms with Crippen molar-refractivity contribution in [1.82, 2.24) is 0 Å². The van der Waals surface area contributed by atoms with Gasteiger partial charge in [0.15, 0.2) is 0 Å². The molecule has 0 radical (unpaired) electrons. The molecule has 0 aliphatic carbocycles. The van der Waals surface area contributed by atoms with Crippen molar-refractivity contribution in [3.05, 3.63) is 35.4 Å². The number of benzene rings is 1. The first-order chi connectivity index (χ1) is 7.96. The quantitative estimate of drug-likeness (QED) is 0.650. The van der Waals surface area contributed by atoms with Gasteiger partial charge in [-0.3, -0.25) is 0 Å². The number of hydrogen-bond donors (Lipinski definition) is 0. The van der Waals surface area contributed by atoms with E-state index in [1.54, 1.807) is 0 Å². The molecule has 0 saturated heterocycles. The van der Waals surface area contributed by atoms with Crippen LogP contribution in [0, 0.1) is 17.8 Å². The molecule has 0 spiro atoms. The zero-order valence-corrected chi connectivity index (χ0v) is 11.6. The minimum atomic E-state index is 0.281. The Labute approximate surface area is 106 Å². The molecule has 0 amide bonds. The fraction of sp³-hybridized carbons (Fsp3) is 0.529. The van der Waals surface area contributed by atoms with Crippen molar-refractivity contribution in [2.24, 2.45) is 5.41 Å². The van der Waals surface area contributed by atoms with E-state index in [1.807, 2.05) is 0 Å². The Hall–Kier alpha value is -1.22. The van der Waals surface area contributed by atoms with Crippen LogP contribution in [0.1, 0.15) is 57.6 Å². The van der Waals surface area contributed by atoms with Crippen LogP contribution in [0.25, 0.3) is 0 Å². The van der Waals surface area contributed by atoms with Crippen molar-refractivity contribution in [1.29, 1.82) is 0 Å². The largest absolute Gasteiger partial charge is 0.119 e. The predicted molar refractivity (Wildman–Crippen MR) is 76.1 cm³/mol. The Bertz CT molecular complexity index is 370. The second kappa shape index (κ2) is 5.92. The fourth-order valence-electron chi connectivity index (χ4n) is 2.12. The summed E-state index contributed by atoms with van der Waals surface area (Å²) in [5.74, 6) is 3.17. The van der Waals surface area contributed by atoms with Gasteiger partial charge in [0.25, 0.3) is 0 Å². The molecule has 1 rings (SSSR count). The molecule has 92 valence electrons. The normalized spacial score (nSPS) is 13.1. The van der Waals surface area contributed by atoms with Gasteiger partial charge in [-0.05, 0) is 29.4 Å². The molecule has 1 aromatic rings. The molecule has 17 heavy (non-hydrogen) atoms. The molecule has 0 aliphatic rings. The summed E-state index contributed by atoms with van der Waals surface area (Å²) in [5, 5.41) is 0. The third-order valence-corrected chi connectivity index (χ3v) is 2.90. The van der Waals surface area contributed by atoms with Crippen LogP contribution in [-0.2, 0) is 6.42 Å². The van der Waals surface area contributed by atoms with Crippen LogP contribution in [-0.4, -0.2) is 0 Å². The molecule has 0 heteroatoms. The van der Waals surface area contributed by atoms with Gasteiger partial charge in [-0.1, -0.05) is 64.3 Å². The standard InChI is InChI=1S/C17H24/c1-6-8-15(7-2)16-11-9-14(10-12-16)13-17(3,4)5/h2,9-12,15H,6,8,13H2,1,3-5H3. The summed E-state index contributed by atoms with van der Waals surface area (Å²) in [6.07, 6.45) is 8.91. The lowest BCUT2D eigenvalue weighted by molar-refractivity contribution is 0.411. The lowest BCUT2D eigenvalue weighted by atomic mass is 9.87. The van der Waals surface area contributed by atoms with Gasteiger partial charge in [-0.2, -0.15) is 0 Å². The van der Waals surface area contributed by atoms with Crippen LogP contribution in [0.3, 0.4) is 0 Å². The van der Waals surface area contributed by atoms with Crippen LogP contribution in [0.5, 0.6) is 0 Å². The Morgan fingerprint density at radius 2 is 1.76 bits per heavy atom. The minimum absolute atomic E-state index is 0.281. The Balaban J connectivity index is 2.77. The molecule has 0 bridgehead atoms. The molecule has 1 unspecified atom stereocenters. The van der Waals surface area contributed by atoms with Gasteiger partial charge in [0.05, 0.1) is 0 Å². The molecule has 0 aromatic heterocycles. The Kier molecular flexibility index (Phi) is 4.82. The first kappa shape index (κ1) is 13.8. The summed E-state index contributed by atoms with van der Waals surface area (Å²) in [7, 11) is 0. The van der Waals surface area contributed by atoms with Crippen LogP contribution in [0.15, 0.2) is 24.3 Å². The van der Waals surface area contributed by atoms with Gasteiger partial charge in [-0.25, -0.2) is 0 Å². The lowest BCUT2D eigenvalue weighted by Crippen LogP contribution is -2.09. The van der Waals surface area contributed by atoms with E-state index in [2.05, 4.69) is 57.9 Å². The molecular formula is C17H24. The SMILES string of the molecule is C#CC(CCC)c1ccc(CC(C)(C)C)cc1. The van der Waals surface area contributed by atoms with Gasteiger partial charge in [0.2, 0.25) is 0 Å². The van der Waals surface area contributed by atoms with Gasteiger partial charge < -0.3 is 0 Å². The summed E-state index contributed by atoms with van der Waals surface area (Å²) >= 11 is 0.